The highest BCUT2D eigenvalue weighted by atomic mass is 19.4. The summed E-state index contributed by atoms with van der Waals surface area (Å²) in [5.74, 6) is -0.0829. The Kier molecular flexibility index (Phi) is 7.26. The van der Waals surface area contributed by atoms with Crippen molar-refractivity contribution in [3.8, 4) is 0 Å². The molecule has 3 amide bonds. The van der Waals surface area contributed by atoms with Crippen LogP contribution in [0.1, 0.15) is 46.3 Å². The van der Waals surface area contributed by atoms with Crippen LogP contribution >= 0.6 is 0 Å². The Balaban J connectivity index is 1.39. The fourth-order valence-electron chi connectivity index (χ4n) is 5.10. The maximum atomic E-state index is 13.6. The highest BCUT2D eigenvalue weighted by Crippen LogP contribution is 2.32. The van der Waals surface area contributed by atoms with E-state index in [1.165, 1.54) is 23.3 Å². The van der Waals surface area contributed by atoms with E-state index in [2.05, 4.69) is 27.7 Å². The first-order valence-electron chi connectivity index (χ1n) is 12.8. The molecule has 1 saturated heterocycles. The molecule has 0 saturated carbocycles. The van der Waals surface area contributed by atoms with Crippen LogP contribution in [-0.4, -0.2) is 36.5 Å². The third-order valence-corrected chi connectivity index (χ3v) is 7.05. The monoisotopic (exact) mass is 522 g/mol. The smallest absolute Gasteiger partial charge is 0.366 e. The molecule has 3 aromatic rings. The van der Waals surface area contributed by atoms with Crippen molar-refractivity contribution in [2.45, 2.75) is 38.4 Å². The molecule has 0 bridgehead atoms. The molecule has 2 N–H and O–H groups in total. The van der Waals surface area contributed by atoms with Crippen molar-refractivity contribution in [2.24, 2.45) is 0 Å². The predicted molar refractivity (Wildman–Crippen MR) is 141 cm³/mol. The number of halogens is 3. The largest absolute Gasteiger partial charge is 0.416 e. The van der Waals surface area contributed by atoms with Gasteiger partial charge in [-0.05, 0) is 73.2 Å². The Morgan fingerprint density at radius 1 is 0.763 bits per heavy atom. The average molecular weight is 523 g/mol. The summed E-state index contributed by atoms with van der Waals surface area (Å²) < 4.78 is 39.1. The van der Waals surface area contributed by atoms with Gasteiger partial charge in [-0.15, -0.1) is 0 Å². The molecule has 0 aliphatic carbocycles. The summed E-state index contributed by atoms with van der Waals surface area (Å²) in [5.41, 5.74) is 3.38. The second kappa shape index (κ2) is 10.8. The van der Waals surface area contributed by atoms with Crippen molar-refractivity contribution in [2.75, 3.05) is 35.2 Å². The molecule has 3 aromatic carbocycles. The second-order valence-electron chi connectivity index (χ2n) is 9.68. The summed E-state index contributed by atoms with van der Waals surface area (Å²) in [6.45, 7) is 2.82. The van der Waals surface area contributed by atoms with Crippen molar-refractivity contribution in [1.82, 2.24) is 4.90 Å². The van der Waals surface area contributed by atoms with Crippen LogP contribution in [0.3, 0.4) is 0 Å². The Bertz CT molecular complexity index is 1340. The number of benzene rings is 3. The average Bonchev–Trinajstić information content (AvgIpc) is 2.92. The predicted octanol–water partition coefficient (Wildman–Crippen LogP) is 6.54. The molecule has 0 spiro atoms. The summed E-state index contributed by atoms with van der Waals surface area (Å²) in [6.07, 6.45) is -0.641. The number of anilines is 3. The van der Waals surface area contributed by atoms with Crippen LogP contribution in [-0.2, 0) is 19.1 Å². The lowest BCUT2D eigenvalue weighted by molar-refractivity contribution is -0.137. The van der Waals surface area contributed by atoms with Crippen LogP contribution < -0.4 is 15.5 Å². The number of fused-ring (bicyclic) bond motifs is 1. The third kappa shape index (κ3) is 5.77. The van der Waals surface area contributed by atoms with Gasteiger partial charge in [0, 0.05) is 43.2 Å². The van der Waals surface area contributed by atoms with Crippen LogP contribution in [0.5, 0.6) is 0 Å². The zero-order valence-electron chi connectivity index (χ0n) is 20.9. The molecule has 0 radical (unpaired) electrons. The van der Waals surface area contributed by atoms with Gasteiger partial charge in [0.05, 0.1) is 11.1 Å². The van der Waals surface area contributed by atoms with Crippen molar-refractivity contribution < 1.29 is 22.8 Å². The lowest BCUT2D eigenvalue weighted by Gasteiger charge is -2.34. The molecule has 1 fully saturated rings. The first-order valence-corrected chi connectivity index (χ1v) is 12.8. The normalized spacial score (nSPS) is 15.6. The molecule has 38 heavy (non-hydrogen) atoms. The topological polar surface area (TPSA) is 64.7 Å². The Labute approximate surface area is 219 Å². The number of piperidine rings is 1. The summed E-state index contributed by atoms with van der Waals surface area (Å²) in [6, 6.07) is 17.2. The van der Waals surface area contributed by atoms with Gasteiger partial charge in [0.2, 0.25) is 0 Å². The lowest BCUT2D eigenvalue weighted by atomic mass is 9.98. The molecule has 198 valence electrons. The maximum absolute atomic E-state index is 13.6. The number of amides is 3. The molecule has 2 aliphatic rings. The molecule has 0 unspecified atom stereocenters. The molecule has 0 atom stereocenters. The van der Waals surface area contributed by atoms with E-state index in [0.29, 0.717) is 30.9 Å². The van der Waals surface area contributed by atoms with Crippen LogP contribution in [0.2, 0.25) is 0 Å². The standard InChI is InChI=1S/C29H29F3N4O2/c30-29(31,32)22-9-6-10-23(17-22)33-28(38)34-24-11-12-26(25(18-24)27(37)35-14-4-1-5-15-35)36-16-13-20-7-2-3-8-21(20)19-36/h2-3,6-12,17-18H,1,4-5,13-16,19H2,(H2,33,34,38). The summed E-state index contributed by atoms with van der Waals surface area (Å²) >= 11 is 0. The van der Waals surface area contributed by atoms with Crippen molar-refractivity contribution >= 4 is 29.0 Å². The van der Waals surface area contributed by atoms with E-state index < -0.39 is 17.8 Å². The Morgan fingerprint density at radius 3 is 2.21 bits per heavy atom. The van der Waals surface area contributed by atoms with Gasteiger partial charge in [-0.1, -0.05) is 30.3 Å². The molecule has 0 aromatic heterocycles. The van der Waals surface area contributed by atoms with Crippen LogP contribution in [0, 0.1) is 0 Å². The van der Waals surface area contributed by atoms with E-state index in [4.69, 9.17) is 0 Å². The molecule has 2 heterocycles. The van der Waals surface area contributed by atoms with Gasteiger partial charge in [0.15, 0.2) is 0 Å². The van der Waals surface area contributed by atoms with Gasteiger partial charge in [-0.25, -0.2) is 4.79 Å². The minimum Gasteiger partial charge on any atom is -0.366 e. The van der Waals surface area contributed by atoms with Crippen molar-refractivity contribution in [1.29, 1.82) is 0 Å². The van der Waals surface area contributed by atoms with Gasteiger partial charge >= 0.3 is 12.2 Å². The van der Waals surface area contributed by atoms with Gasteiger partial charge in [0.25, 0.3) is 5.91 Å². The first kappa shape index (κ1) is 25.6. The zero-order chi connectivity index (χ0) is 26.7. The van der Waals surface area contributed by atoms with E-state index in [0.717, 1.165) is 50.0 Å². The number of alkyl halides is 3. The fraction of sp³-hybridized carbons (Fsp3) is 0.310. The molecule has 5 rings (SSSR count). The number of rotatable bonds is 4. The SMILES string of the molecule is O=C(Nc1cccc(C(F)(F)F)c1)Nc1ccc(N2CCc3ccccc3C2)c(C(=O)N2CCCCC2)c1. The lowest BCUT2D eigenvalue weighted by Crippen LogP contribution is -2.38. The number of hydrogen-bond acceptors (Lipinski definition) is 3. The summed E-state index contributed by atoms with van der Waals surface area (Å²) in [5, 5.41) is 5.12. The van der Waals surface area contributed by atoms with Crippen LogP contribution in [0.4, 0.5) is 35.0 Å². The number of nitrogens with one attached hydrogen (secondary N) is 2. The minimum absolute atomic E-state index is 0.0190. The van der Waals surface area contributed by atoms with Crippen LogP contribution in [0.15, 0.2) is 66.7 Å². The van der Waals surface area contributed by atoms with E-state index in [-0.39, 0.29) is 11.6 Å². The number of nitrogens with zero attached hydrogens (tertiary/aromatic N) is 2. The number of urea groups is 1. The van der Waals surface area contributed by atoms with E-state index in [1.807, 2.05) is 23.1 Å². The van der Waals surface area contributed by atoms with Gasteiger partial charge in [-0.3, -0.25) is 4.79 Å². The number of carbonyl (C=O) groups is 2. The van der Waals surface area contributed by atoms with E-state index in [9.17, 15) is 22.8 Å². The molecular weight excluding hydrogens is 493 g/mol. The van der Waals surface area contributed by atoms with Gasteiger partial charge in [0.1, 0.15) is 0 Å². The number of carbonyl (C=O) groups excluding carboxylic acids is 2. The second-order valence-corrected chi connectivity index (χ2v) is 9.68. The summed E-state index contributed by atoms with van der Waals surface area (Å²) in [4.78, 5) is 30.3. The molecule has 9 heteroatoms. The maximum Gasteiger partial charge on any atom is 0.416 e. The summed E-state index contributed by atoms with van der Waals surface area (Å²) in [7, 11) is 0. The van der Waals surface area contributed by atoms with Crippen molar-refractivity contribution in [3.63, 3.8) is 0 Å². The molecular formula is C29H29F3N4O2. The zero-order valence-corrected chi connectivity index (χ0v) is 20.9. The third-order valence-electron chi connectivity index (χ3n) is 7.05. The Morgan fingerprint density at radius 2 is 1.47 bits per heavy atom. The minimum atomic E-state index is -4.51. The highest BCUT2D eigenvalue weighted by Gasteiger charge is 2.30. The molecule has 6 nitrogen and oxygen atoms in total. The van der Waals surface area contributed by atoms with Crippen molar-refractivity contribution in [3.05, 3.63) is 89.0 Å². The Hall–Kier alpha value is -4.01. The number of hydrogen-bond donors (Lipinski definition) is 2. The highest BCUT2D eigenvalue weighted by molar-refractivity contribution is 6.04. The first-order chi connectivity index (χ1) is 18.3. The van der Waals surface area contributed by atoms with Gasteiger partial charge < -0.3 is 20.4 Å². The van der Waals surface area contributed by atoms with Crippen LogP contribution in [0.25, 0.3) is 0 Å². The fourth-order valence-corrected chi connectivity index (χ4v) is 5.10. The number of likely N-dealkylation sites (tertiary alicyclic amines) is 1. The quantitative estimate of drug-likeness (QED) is 0.409. The van der Waals surface area contributed by atoms with E-state index in [1.54, 1.807) is 12.1 Å². The van der Waals surface area contributed by atoms with Gasteiger partial charge in [-0.2, -0.15) is 13.2 Å². The molecule has 2 aliphatic heterocycles. The van der Waals surface area contributed by atoms with E-state index >= 15 is 0 Å².